The molecule has 3 aromatic rings. The van der Waals surface area contributed by atoms with Crippen LogP contribution in [-0.2, 0) is 5.75 Å². The molecule has 5 heteroatoms. The standard InChI is InChI=1S/C15H12ClN3S/c16-13-6-7-15(17-9-13)20-11-12-8-18-19(10-12)14-4-2-1-3-5-14/h1-10H,11H2. The van der Waals surface area contributed by atoms with E-state index in [2.05, 4.69) is 10.1 Å². The predicted octanol–water partition coefficient (Wildman–Crippen LogP) is 4.21. The van der Waals surface area contributed by atoms with Crippen molar-refractivity contribution in [2.45, 2.75) is 10.8 Å². The molecule has 0 amide bonds. The van der Waals surface area contributed by atoms with Gasteiger partial charge in [-0.05, 0) is 24.3 Å². The fourth-order valence-electron chi connectivity index (χ4n) is 1.76. The van der Waals surface area contributed by atoms with Gasteiger partial charge < -0.3 is 0 Å². The Morgan fingerprint density at radius 3 is 2.65 bits per heavy atom. The van der Waals surface area contributed by atoms with Crippen LogP contribution < -0.4 is 0 Å². The van der Waals surface area contributed by atoms with Gasteiger partial charge in [-0.25, -0.2) is 9.67 Å². The molecular formula is C15H12ClN3S. The largest absolute Gasteiger partial charge is 0.248 e. The van der Waals surface area contributed by atoms with Crippen molar-refractivity contribution in [3.8, 4) is 5.69 Å². The van der Waals surface area contributed by atoms with Gasteiger partial charge in [0.25, 0.3) is 0 Å². The number of rotatable bonds is 4. The summed E-state index contributed by atoms with van der Waals surface area (Å²) in [6.07, 6.45) is 5.59. The highest BCUT2D eigenvalue weighted by atomic mass is 35.5. The minimum absolute atomic E-state index is 0.659. The van der Waals surface area contributed by atoms with Gasteiger partial charge in [0.05, 0.1) is 21.9 Å². The van der Waals surface area contributed by atoms with Crippen molar-refractivity contribution in [3.63, 3.8) is 0 Å². The summed E-state index contributed by atoms with van der Waals surface area (Å²) in [6.45, 7) is 0. The normalized spacial score (nSPS) is 10.7. The van der Waals surface area contributed by atoms with E-state index in [0.717, 1.165) is 22.0 Å². The van der Waals surface area contributed by atoms with Gasteiger partial charge in [0.15, 0.2) is 0 Å². The van der Waals surface area contributed by atoms with E-state index in [9.17, 15) is 0 Å². The first-order valence-electron chi connectivity index (χ1n) is 6.14. The van der Waals surface area contributed by atoms with Gasteiger partial charge in [-0.3, -0.25) is 0 Å². The number of nitrogens with zero attached hydrogens (tertiary/aromatic N) is 3. The summed E-state index contributed by atoms with van der Waals surface area (Å²) < 4.78 is 1.88. The van der Waals surface area contributed by atoms with Crippen LogP contribution in [0.15, 0.2) is 66.1 Å². The number of aromatic nitrogens is 3. The third-order valence-corrected chi connectivity index (χ3v) is 3.98. The van der Waals surface area contributed by atoms with Gasteiger partial charge in [-0.1, -0.05) is 29.8 Å². The molecule has 0 aliphatic carbocycles. The summed E-state index contributed by atoms with van der Waals surface area (Å²) in [4.78, 5) is 4.26. The molecule has 0 bridgehead atoms. The van der Waals surface area contributed by atoms with Crippen LogP contribution >= 0.6 is 23.4 Å². The molecular weight excluding hydrogens is 290 g/mol. The second-order valence-electron chi connectivity index (χ2n) is 4.23. The van der Waals surface area contributed by atoms with E-state index in [-0.39, 0.29) is 0 Å². The Balaban J connectivity index is 1.67. The predicted molar refractivity (Wildman–Crippen MR) is 82.4 cm³/mol. The highest BCUT2D eigenvalue weighted by Crippen LogP contribution is 2.22. The fraction of sp³-hybridized carbons (Fsp3) is 0.0667. The van der Waals surface area contributed by atoms with Gasteiger partial charge >= 0.3 is 0 Å². The van der Waals surface area contributed by atoms with E-state index in [1.54, 1.807) is 18.0 Å². The summed E-state index contributed by atoms with van der Waals surface area (Å²) in [7, 11) is 0. The monoisotopic (exact) mass is 301 g/mol. The molecule has 100 valence electrons. The van der Waals surface area contributed by atoms with Gasteiger partial charge in [0.2, 0.25) is 0 Å². The molecule has 0 saturated carbocycles. The van der Waals surface area contributed by atoms with E-state index >= 15 is 0 Å². The minimum Gasteiger partial charge on any atom is -0.248 e. The van der Waals surface area contributed by atoms with E-state index in [0.29, 0.717) is 5.02 Å². The summed E-state index contributed by atoms with van der Waals surface area (Å²) in [6, 6.07) is 13.8. The van der Waals surface area contributed by atoms with Crippen LogP contribution in [0.1, 0.15) is 5.56 Å². The van der Waals surface area contributed by atoms with Crippen molar-refractivity contribution in [2.75, 3.05) is 0 Å². The number of hydrogen-bond acceptors (Lipinski definition) is 3. The number of halogens is 1. The molecule has 20 heavy (non-hydrogen) atoms. The molecule has 2 heterocycles. The zero-order valence-electron chi connectivity index (χ0n) is 10.6. The van der Waals surface area contributed by atoms with Crippen molar-refractivity contribution in [1.82, 2.24) is 14.8 Å². The molecule has 0 fully saturated rings. The first-order chi connectivity index (χ1) is 9.81. The molecule has 1 aromatic carbocycles. The summed E-state index contributed by atoms with van der Waals surface area (Å²) >= 11 is 7.48. The van der Waals surface area contributed by atoms with Crippen LogP contribution in [0, 0.1) is 0 Å². The summed E-state index contributed by atoms with van der Waals surface area (Å²) in [5, 5.41) is 5.99. The van der Waals surface area contributed by atoms with Crippen molar-refractivity contribution < 1.29 is 0 Å². The Labute approximate surface area is 126 Å². The molecule has 3 rings (SSSR count). The molecule has 0 N–H and O–H groups in total. The smallest absolute Gasteiger partial charge is 0.0964 e. The third-order valence-electron chi connectivity index (χ3n) is 2.74. The first-order valence-corrected chi connectivity index (χ1v) is 7.51. The van der Waals surface area contributed by atoms with Crippen molar-refractivity contribution in [1.29, 1.82) is 0 Å². The highest BCUT2D eigenvalue weighted by Gasteiger charge is 2.02. The maximum absolute atomic E-state index is 5.81. The maximum Gasteiger partial charge on any atom is 0.0964 e. The Bertz CT molecular complexity index is 680. The number of para-hydroxylation sites is 1. The number of pyridine rings is 1. The van der Waals surface area contributed by atoms with Crippen LogP contribution in [0.5, 0.6) is 0 Å². The van der Waals surface area contributed by atoms with Gasteiger partial charge in [0, 0.05) is 23.7 Å². The number of benzene rings is 1. The van der Waals surface area contributed by atoms with Crippen LogP contribution in [-0.4, -0.2) is 14.8 Å². The first kappa shape index (κ1) is 13.2. The Morgan fingerprint density at radius 1 is 1.05 bits per heavy atom. The molecule has 0 saturated heterocycles. The summed E-state index contributed by atoms with van der Waals surface area (Å²) in [5.74, 6) is 0.835. The van der Waals surface area contributed by atoms with Crippen LogP contribution in [0.25, 0.3) is 5.69 Å². The van der Waals surface area contributed by atoms with Crippen LogP contribution in [0.3, 0.4) is 0 Å². The lowest BCUT2D eigenvalue weighted by Gasteiger charge is -2.00. The summed E-state index contributed by atoms with van der Waals surface area (Å²) in [5.41, 5.74) is 2.23. The molecule has 0 radical (unpaired) electrons. The molecule has 0 unspecified atom stereocenters. The fourth-order valence-corrected chi connectivity index (χ4v) is 2.63. The lowest BCUT2D eigenvalue weighted by molar-refractivity contribution is 0.880. The highest BCUT2D eigenvalue weighted by molar-refractivity contribution is 7.98. The van der Waals surface area contributed by atoms with Crippen molar-refractivity contribution in [3.05, 3.63) is 71.6 Å². The topological polar surface area (TPSA) is 30.7 Å². The van der Waals surface area contributed by atoms with Crippen molar-refractivity contribution >= 4 is 23.4 Å². The molecule has 0 spiro atoms. The quantitative estimate of drug-likeness (QED) is 0.676. The minimum atomic E-state index is 0.659. The van der Waals surface area contributed by atoms with Gasteiger partial charge in [-0.15, -0.1) is 11.8 Å². The average molecular weight is 302 g/mol. The lowest BCUT2D eigenvalue weighted by atomic mass is 10.3. The van der Waals surface area contributed by atoms with Crippen LogP contribution in [0.2, 0.25) is 5.02 Å². The SMILES string of the molecule is Clc1ccc(SCc2cnn(-c3ccccc3)c2)nc1. The number of hydrogen-bond donors (Lipinski definition) is 0. The van der Waals surface area contributed by atoms with E-state index in [4.69, 9.17) is 11.6 Å². The molecule has 0 aliphatic heterocycles. The van der Waals surface area contributed by atoms with Gasteiger partial charge in [-0.2, -0.15) is 5.10 Å². The van der Waals surface area contributed by atoms with E-state index in [1.165, 1.54) is 0 Å². The van der Waals surface area contributed by atoms with Gasteiger partial charge in [0.1, 0.15) is 0 Å². The van der Waals surface area contributed by atoms with Crippen molar-refractivity contribution in [2.24, 2.45) is 0 Å². The zero-order valence-corrected chi connectivity index (χ0v) is 12.2. The molecule has 2 aromatic heterocycles. The maximum atomic E-state index is 5.81. The number of thioether (sulfide) groups is 1. The van der Waals surface area contributed by atoms with Crippen LogP contribution in [0.4, 0.5) is 0 Å². The zero-order chi connectivity index (χ0) is 13.8. The lowest BCUT2D eigenvalue weighted by Crippen LogP contribution is -1.92. The Kier molecular flexibility index (Phi) is 4.04. The Hall–Kier alpha value is -1.78. The molecule has 0 aliphatic rings. The van der Waals surface area contributed by atoms with E-state index < -0.39 is 0 Å². The molecule has 0 atom stereocenters. The molecule has 3 nitrogen and oxygen atoms in total. The Morgan fingerprint density at radius 2 is 1.90 bits per heavy atom. The second kappa shape index (κ2) is 6.11. The third kappa shape index (κ3) is 3.21. The average Bonchev–Trinajstić information content (AvgIpc) is 2.97. The second-order valence-corrected chi connectivity index (χ2v) is 5.66. The van der Waals surface area contributed by atoms with E-state index in [1.807, 2.05) is 59.5 Å².